The molecule has 13 rings (SSSR count). The molecule has 12 heteroatoms. The van der Waals surface area contributed by atoms with Gasteiger partial charge in [-0.05, 0) is 147 Å². The third kappa shape index (κ3) is 5.67. The van der Waals surface area contributed by atoms with Crippen LogP contribution in [0.5, 0.6) is 5.75 Å². The average molecular weight is 904 g/mol. The highest BCUT2D eigenvalue weighted by Gasteiger charge is 2.79. The molecule has 12 aliphatic rings. The number of amides is 1. The maximum atomic E-state index is 15.7. The van der Waals surface area contributed by atoms with Crippen molar-refractivity contribution in [3.63, 3.8) is 0 Å². The number of hydrogen-bond donors (Lipinski definition) is 6. The van der Waals surface area contributed by atoms with Crippen molar-refractivity contribution in [2.45, 2.75) is 146 Å². The van der Waals surface area contributed by atoms with Crippen LogP contribution in [-0.4, -0.2) is 103 Å². The van der Waals surface area contributed by atoms with Gasteiger partial charge in [-0.15, -0.1) is 0 Å². The van der Waals surface area contributed by atoms with Crippen LogP contribution in [0.4, 0.5) is 5.69 Å². The van der Waals surface area contributed by atoms with Crippen LogP contribution in [0.25, 0.3) is 0 Å². The number of epoxide rings is 1. The first-order chi connectivity index (χ1) is 30.1. The molecule has 1 amide bonds. The summed E-state index contributed by atoms with van der Waals surface area (Å²) in [4.78, 5) is 32.6. The zero-order valence-electron chi connectivity index (χ0n) is 37.3. The number of ketones is 1. The van der Waals surface area contributed by atoms with Gasteiger partial charge >= 0.3 is 0 Å². The number of aliphatic hydroxyl groups is 5. The molecule has 17 atom stereocenters. The Labute approximate surface area is 380 Å². The Morgan fingerprint density at radius 2 is 1.79 bits per heavy atom. The number of allylic oxidation sites excluding steroid dienone is 2. The van der Waals surface area contributed by atoms with Crippen LogP contribution in [0.3, 0.4) is 0 Å². The lowest BCUT2D eigenvalue weighted by molar-refractivity contribution is -0.227. The number of rotatable bonds is 4. The molecule has 7 aliphatic carbocycles. The summed E-state index contributed by atoms with van der Waals surface area (Å²) in [6.45, 7) is 7.01. The summed E-state index contributed by atoms with van der Waals surface area (Å²) in [6, 6.07) is 5.49. The number of aliphatic hydroxyl groups excluding tert-OH is 3. The molecule has 7 fully saturated rings. The first-order valence-electron chi connectivity index (χ1n) is 24.5. The lowest BCUT2D eigenvalue weighted by atomic mass is 9.34. The topological polar surface area (TPSA) is 171 Å². The Balaban J connectivity index is 1.09. The maximum Gasteiger partial charge on any atom is 0.233 e. The van der Waals surface area contributed by atoms with E-state index in [-0.39, 0.29) is 65.7 Å². The van der Waals surface area contributed by atoms with E-state index in [0.717, 1.165) is 43.2 Å². The van der Waals surface area contributed by atoms with Crippen molar-refractivity contribution >= 4 is 39.0 Å². The molecule has 2 saturated heterocycles. The number of aromatic hydroxyl groups is 1. The minimum absolute atomic E-state index is 0.0147. The van der Waals surface area contributed by atoms with Crippen molar-refractivity contribution in [3.8, 4) is 5.75 Å². The van der Waals surface area contributed by atoms with Crippen LogP contribution >= 0.6 is 21.6 Å². The predicted molar refractivity (Wildman–Crippen MR) is 244 cm³/mol. The van der Waals surface area contributed by atoms with E-state index in [9.17, 15) is 30.6 Å². The lowest BCUT2D eigenvalue weighted by Gasteiger charge is -2.70. The smallest absolute Gasteiger partial charge is 0.233 e. The Hall–Kier alpha value is -1.90. The number of nitrogens with zero attached hydrogens (tertiary/aromatic N) is 1. The second-order valence-corrected chi connectivity index (χ2v) is 25.2. The summed E-state index contributed by atoms with van der Waals surface area (Å²) >= 11 is 0. The van der Waals surface area contributed by atoms with Crippen molar-refractivity contribution in [1.82, 2.24) is 0 Å². The van der Waals surface area contributed by atoms with Crippen LogP contribution in [0.15, 0.2) is 42.0 Å². The maximum absolute atomic E-state index is 15.7. The van der Waals surface area contributed by atoms with Gasteiger partial charge in [-0.2, -0.15) is 0 Å². The van der Waals surface area contributed by atoms with Gasteiger partial charge in [-0.3, -0.25) is 9.59 Å². The van der Waals surface area contributed by atoms with E-state index in [0.29, 0.717) is 87.4 Å². The second-order valence-electron chi connectivity index (χ2n) is 22.6. The third-order valence-corrected chi connectivity index (χ3v) is 23.1. The van der Waals surface area contributed by atoms with Gasteiger partial charge in [0, 0.05) is 53.7 Å². The molecule has 3 spiro atoms. The van der Waals surface area contributed by atoms with Crippen molar-refractivity contribution in [3.05, 3.63) is 47.6 Å². The fourth-order valence-corrected chi connectivity index (χ4v) is 20.6. The minimum Gasteiger partial charge on any atom is -0.508 e. The number of benzene rings is 1. The quantitative estimate of drug-likeness (QED) is 0.107. The summed E-state index contributed by atoms with van der Waals surface area (Å²) in [7, 11) is 3.39. The highest BCUT2D eigenvalue weighted by molar-refractivity contribution is 8.76. The normalized spacial score (nSPS) is 49.3. The van der Waals surface area contributed by atoms with E-state index in [2.05, 4.69) is 32.9 Å². The second kappa shape index (κ2) is 15.1. The SMILES string of the molecule is CC(C)C(C)C1OC1C1(O)CC=CC2CC3C4=CC(=O)C5(CSSCC6CCCC(CO)C67CCN(C7=O)c6cc(O)cc(c6)CCC26C1CCC46O)C1CCCC35CC(O)C1O. The number of aryl methyl sites for hydroxylation is 1. The fraction of sp³-hybridized carbons (Fsp3) is 0.765. The minimum atomic E-state index is -1.46. The molecule has 5 saturated carbocycles. The molecular formula is C51H69NO9S2. The molecule has 6 N–H and O–H groups in total. The van der Waals surface area contributed by atoms with Gasteiger partial charge in [0.1, 0.15) is 17.5 Å². The largest absolute Gasteiger partial charge is 0.508 e. The number of phenols is 1. The number of ether oxygens (including phenoxy) is 1. The average Bonchev–Trinajstić information content (AvgIpc) is 3.93. The van der Waals surface area contributed by atoms with E-state index in [1.807, 2.05) is 17.0 Å². The van der Waals surface area contributed by atoms with Gasteiger partial charge in [0.2, 0.25) is 5.91 Å². The standard InChI is InChI=1S/C51H69NO9S2/c1-28(2)29(3)43-44(61-43)50(59)14-5-9-31-21-37-38-23-41(56)49(36-10-6-13-46(37,49)24-39(55)42(36)57)27-63-62-26-33-8-4-7-32(25-53)47(33)17-18-52(45(47)58)34-19-30(20-35(54)22-34)11-15-48(31)40(50)12-16-51(38,48)60/h5,9,19-20,22-23,28-29,31-33,36-37,39-40,42-44,53-55,57,59-60H,4,6-8,10-18,21,24-27H2,1-3H3. The van der Waals surface area contributed by atoms with Crippen LogP contribution in [0.2, 0.25) is 0 Å². The number of carbonyl (C=O) groups is 2. The van der Waals surface area contributed by atoms with E-state index < -0.39 is 57.1 Å². The molecule has 5 aliphatic heterocycles. The highest BCUT2D eigenvalue weighted by Crippen LogP contribution is 2.78. The van der Waals surface area contributed by atoms with E-state index >= 15 is 9.59 Å². The third-order valence-electron chi connectivity index (χ3n) is 20.5. The molecule has 0 aromatic heterocycles. The van der Waals surface area contributed by atoms with Gasteiger partial charge in [0.15, 0.2) is 5.78 Å². The lowest BCUT2D eigenvalue weighted by Crippen LogP contribution is -2.73. The zero-order valence-corrected chi connectivity index (χ0v) is 38.9. The number of anilines is 1. The Bertz CT molecular complexity index is 2110. The van der Waals surface area contributed by atoms with Crippen molar-refractivity contribution < 1.29 is 45.0 Å². The monoisotopic (exact) mass is 903 g/mol. The number of fused-ring (bicyclic) bond motifs is 1. The van der Waals surface area contributed by atoms with Crippen molar-refractivity contribution in [2.75, 3.05) is 29.6 Å². The van der Waals surface area contributed by atoms with Crippen LogP contribution in [0, 0.1) is 69.0 Å². The van der Waals surface area contributed by atoms with Crippen LogP contribution in [-0.2, 0) is 20.7 Å². The Morgan fingerprint density at radius 3 is 2.59 bits per heavy atom. The van der Waals surface area contributed by atoms with Gasteiger partial charge in [0.05, 0.1) is 34.7 Å². The molecule has 17 unspecified atom stereocenters. The van der Waals surface area contributed by atoms with Crippen molar-refractivity contribution in [1.29, 1.82) is 0 Å². The zero-order chi connectivity index (χ0) is 44.1. The molecule has 63 heavy (non-hydrogen) atoms. The molecule has 0 radical (unpaired) electrons. The van der Waals surface area contributed by atoms with E-state index in [1.54, 1.807) is 33.7 Å². The Kier molecular flexibility index (Phi) is 10.4. The van der Waals surface area contributed by atoms with Gasteiger partial charge in [-0.1, -0.05) is 67.4 Å². The van der Waals surface area contributed by atoms with Crippen molar-refractivity contribution in [2.24, 2.45) is 69.0 Å². The number of hydrogen-bond acceptors (Lipinski definition) is 11. The molecule has 344 valence electrons. The summed E-state index contributed by atoms with van der Waals surface area (Å²) in [5.41, 5.74) is -3.72. The van der Waals surface area contributed by atoms with Crippen LogP contribution < -0.4 is 4.90 Å². The summed E-state index contributed by atoms with van der Waals surface area (Å²) in [5.74, 6) is 0.478. The van der Waals surface area contributed by atoms with Gasteiger partial charge in [0.25, 0.3) is 0 Å². The molecular weight excluding hydrogens is 835 g/mol. The summed E-state index contributed by atoms with van der Waals surface area (Å²) in [6.07, 6.45) is 12.4. The number of phenolic OH excluding ortho intramolecular Hbond substituents is 1. The molecule has 1 aromatic rings. The molecule has 10 bridgehead atoms. The van der Waals surface area contributed by atoms with Gasteiger partial charge in [-0.25, -0.2) is 0 Å². The molecule has 5 heterocycles. The van der Waals surface area contributed by atoms with Crippen LogP contribution in [0.1, 0.15) is 110 Å². The molecule has 1 aromatic carbocycles. The first kappa shape index (κ1) is 43.7. The Morgan fingerprint density at radius 1 is 0.968 bits per heavy atom. The van der Waals surface area contributed by atoms with Gasteiger partial charge < -0.3 is 40.3 Å². The van der Waals surface area contributed by atoms with E-state index in [1.165, 1.54) is 0 Å². The fourth-order valence-electron chi connectivity index (χ4n) is 17.3. The molecule has 10 nitrogen and oxygen atoms in total. The summed E-state index contributed by atoms with van der Waals surface area (Å²) in [5, 5.41) is 73.5. The predicted octanol–water partition coefficient (Wildman–Crippen LogP) is 6.77. The van der Waals surface area contributed by atoms with E-state index in [4.69, 9.17) is 4.74 Å². The first-order valence-corrected chi connectivity index (χ1v) is 27.0. The summed E-state index contributed by atoms with van der Waals surface area (Å²) < 4.78 is 6.52. The number of carbonyl (C=O) groups excluding carboxylic acids is 2. The highest BCUT2D eigenvalue weighted by atomic mass is 33.1.